The standard InChI is InChI=1S/C14H23N5OS2/c1-21-13-15-12(22-17-13)16-14(20)19-8-5-11(10-19)9-18-6-3-2-4-7-18/h11H,2-10H2,1H3,(H,15,16,17,20)/t11-/m0/s1. The Bertz CT molecular complexity index is 503. The van der Waals surface area contributed by atoms with Crippen LogP contribution in [0.1, 0.15) is 25.7 Å². The normalized spacial score (nSPS) is 23.0. The Morgan fingerprint density at radius 2 is 2.18 bits per heavy atom. The van der Waals surface area contributed by atoms with E-state index in [2.05, 4.69) is 19.6 Å². The van der Waals surface area contributed by atoms with Crippen molar-refractivity contribution < 1.29 is 4.79 Å². The minimum atomic E-state index is -0.0371. The Hall–Kier alpha value is -0.860. The minimum absolute atomic E-state index is 0.0371. The van der Waals surface area contributed by atoms with Crippen LogP contribution in [0.25, 0.3) is 0 Å². The number of hydrogen-bond donors (Lipinski definition) is 1. The van der Waals surface area contributed by atoms with Crippen LogP contribution in [0.2, 0.25) is 0 Å². The van der Waals surface area contributed by atoms with Crippen molar-refractivity contribution in [2.45, 2.75) is 30.8 Å². The van der Waals surface area contributed by atoms with Gasteiger partial charge in [0.1, 0.15) is 0 Å². The van der Waals surface area contributed by atoms with E-state index in [1.165, 1.54) is 55.6 Å². The lowest BCUT2D eigenvalue weighted by molar-refractivity contribution is 0.192. The molecule has 8 heteroatoms. The van der Waals surface area contributed by atoms with E-state index in [1.54, 1.807) is 0 Å². The number of carbonyl (C=O) groups is 1. The zero-order chi connectivity index (χ0) is 15.4. The highest BCUT2D eigenvalue weighted by molar-refractivity contribution is 7.98. The number of likely N-dealkylation sites (tertiary alicyclic amines) is 2. The summed E-state index contributed by atoms with van der Waals surface area (Å²) in [5.74, 6) is 0.611. The van der Waals surface area contributed by atoms with E-state index in [0.29, 0.717) is 16.2 Å². The maximum Gasteiger partial charge on any atom is 0.323 e. The van der Waals surface area contributed by atoms with Crippen LogP contribution in [0.5, 0.6) is 0 Å². The molecule has 2 amide bonds. The molecule has 122 valence electrons. The lowest BCUT2D eigenvalue weighted by Gasteiger charge is -2.28. The van der Waals surface area contributed by atoms with Gasteiger partial charge in [0, 0.05) is 31.2 Å². The first-order chi connectivity index (χ1) is 10.7. The van der Waals surface area contributed by atoms with Crippen molar-refractivity contribution in [1.82, 2.24) is 19.2 Å². The molecule has 3 rings (SSSR count). The van der Waals surface area contributed by atoms with Crippen molar-refractivity contribution in [3.8, 4) is 0 Å². The Morgan fingerprint density at radius 1 is 1.36 bits per heavy atom. The van der Waals surface area contributed by atoms with Gasteiger partial charge in [-0.15, -0.1) is 0 Å². The van der Waals surface area contributed by atoms with Gasteiger partial charge < -0.3 is 9.80 Å². The fourth-order valence-corrected chi connectivity index (χ4v) is 4.30. The first-order valence-electron chi connectivity index (χ1n) is 7.90. The Kier molecular flexibility index (Phi) is 5.54. The van der Waals surface area contributed by atoms with Crippen molar-refractivity contribution in [2.24, 2.45) is 5.92 Å². The third-order valence-electron chi connectivity index (χ3n) is 4.34. The van der Waals surface area contributed by atoms with Gasteiger partial charge in [-0.2, -0.15) is 9.36 Å². The van der Waals surface area contributed by atoms with Crippen molar-refractivity contribution in [2.75, 3.05) is 44.3 Å². The molecule has 1 aromatic heterocycles. The van der Waals surface area contributed by atoms with Gasteiger partial charge in [0.25, 0.3) is 0 Å². The van der Waals surface area contributed by atoms with Gasteiger partial charge in [0.05, 0.1) is 0 Å². The van der Waals surface area contributed by atoms with Gasteiger partial charge in [-0.1, -0.05) is 18.2 Å². The van der Waals surface area contributed by atoms with Gasteiger partial charge in [0.2, 0.25) is 10.3 Å². The molecule has 2 saturated heterocycles. The third kappa shape index (κ3) is 4.11. The molecule has 6 nitrogen and oxygen atoms in total. The van der Waals surface area contributed by atoms with Crippen LogP contribution in [-0.4, -0.2) is 64.2 Å². The summed E-state index contributed by atoms with van der Waals surface area (Å²) in [7, 11) is 0. The summed E-state index contributed by atoms with van der Waals surface area (Å²) in [5, 5.41) is 4.17. The monoisotopic (exact) mass is 341 g/mol. The topological polar surface area (TPSA) is 61.4 Å². The van der Waals surface area contributed by atoms with Crippen molar-refractivity contribution >= 4 is 34.5 Å². The highest BCUT2D eigenvalue weighted by atomic mass is 32.2. The number of hydrogen-bond acceptors (Lipinski definition) is 6. The average molecular weight is 342 g/mol. The summed E-state index contributed by atoms with van der Waals surface area (Å²) >= 11 is 2.73. The van der Waals surface area contributed by atoms with Gasteiger partial charge in [-0.25, -0.2) is 4.79 Å². The Balaban J connectivity index is 1.45. The van der Waals surface area contributed by atoms with E-state index in [1.807, 2.05) is 11.2 Å². The highest BCUT2D eigenvalue weighted by Crippen LogP contribution is 2.22. The number of urea groups is 1. The van der Waals surface area contributed by atoms with Gasteiger partial charge in [-0.3, -0.25) is 5.32 Å². The molecule has 2 fully saturated rings. The number of anilines is 1. The van der Waals surface area contributed by atoms with Gasteiger partial charge >= 0.3 is 6.03 Å². The minimum Gasteiger partial charge on any atom is -0.324 e. The Labute approximate surface area is 139 Å². The molecule has 0 spiro atoms. The Morgan fingerprint density at radius 3 is 2.91 bits per heavy atom. The van der Waals surface area contributed by atoms with E-state index < -0.39 is 0 Å². The van der Waals surface area contributed by atoms with Crippen LogP contribution in [0.3, 0.4) is 0 Å². The molecule has 1 atom stereocenters. The maximum absolute atomic E-state index is 12.3. The molecule has 0 aliphatic carbocycles. The van der Waals surface area contributed by atoms with Crippen molar-refractivity contribution in [1.29, 1.82) is 0 Å². The van der Waals surface area contributed by atoms with Crippen molar-refractivity contribution in [3.63, 3.8) is 0 Å². The third-order valence-corrected chi connectivity index (χ3v) is 5.64. The summed E-state index contributed by atoms with van der Waals surface area (Å²) in [6, 6.07) is -0.0371. The van der Waals surface area contributed by atoms with E-state index in [4.69, 9.17) is 0 Å². The number of aromatic nitrogens is 2. The quantitative estimate of drug-likeness (QED) is 0.853. The lowest BCUT2D eigenvalue weighted by atomic mass is 10.1. The summed E-state index contributed by atoms with van der Waals surface area (Å²) in [6.45, 7) is 5.30. The predicted molar refractivity (Wildman–Crippen MR) is 90.7 cm³/mol. The van der Waals surface area contributed by atoms with Gasteiger partial charge in [0.15, 0.2) is 0 Å². The first kappa shape index (κ1) is 16.0. The van der Waals surface area contributed by atoms with Crippen LogP contribution >= 0.6 is 23.3 Å². The number of piperidine rings is 1. The molecule has 1 aromatic rings. The lowest BCUT2D eigenvalue weighted by Crippen LogP contribution is -2.37. The second-order valence-electron chi connectivity index (χ2n) is 5.98. The first-order valence-corrected chi connectivity index (χ1v) is 9.90. The second kappa shape index (κ2) is 7.61. The zero-order valence-corrected chi connectivity index (χ0v) is 14.6. The van der Waals surface area contributed by atoms with Crippen LogP contribution in [0, 0.1) is 5.92 Å². The summed E-state index contributed by atoms with van der Waals surface area (Å²) in [5.41, 5.74) is 0. The molecule has 0 unspecified atom stereocenters. The fraction of sp³-hybridized carbons (Fsp3) is 0.786. The van der Waals surface area contributed by atoms with Crippen LogP contribution < -0.4 is 5.32 Å². The number of nitrogens with one attached hydrogen (secondary N) is 1. The summed E-state index contributed by atoms with van der Waals surface area (Å²) in [4.78, 5) is 21.0. The maximum atomic E-state index is 12.3. The van der Waals surface area contributed by atoms with E-state index in [0.717, 1.165) is 26.1 Å². The largest absolute Gasteiger partial charge is 0.324 e. The number of thioether (sulfide) groups is 1. The van der Waals surface area contributed by atoms with Crippen molar-refractivity contribution in [3.05, 3.63) is 0 Å². The SMILES string of the molecule is CSc1nsc(NC(=O)N2CC[C@@H](CN3CCCCC3)C2)n1. The number of rotatable bonds is 4. The fourth-order valence-electron chi connectivity index (χ4n) is 3.19. The average Bonchev–Trinajstić information content (AvgIpc) is 3.17. The van der Waals surface area contributed by atoms with E-state index in [-0.39, 0.29) is 6.03 Å². The molecule has 0 aromatic carbocycles. The molecule has 0 bridgehead atoms. The smallest absolute Gasteiger partial charge is 0.323 e. The number of amides is 2. The predicted octanol–water partition coefficient (Wildman–Crippen LogP) is 2.60. The number of nitrogens with zero attached hydrogens (tertiary/aromatic N) is 4. The molecule has 0 radical (unpaired) electrons. The van der Waals surface area contributed by atoms with Gasteiger partial charge in [-0.05, 0) is 44.5 Å². The molecule has 3 heterocycles. The van der Waals surface area contributed by atoms with Crippen LogP contribution in [0.4, 0.5) is 9.93 Å². The molecular weight excluding hydrogens is 318 g/mol. The van der Waals surface area contributed by atoms with Crippen LogP contribution in [-0.2, 0) is 0 Å². The molecular formula is C14H23N5OS2. The molecule has 0 saturated carbocycles. The van der Waals surface area contributed by atoms with E-state index >= 15 is 0 Å². The molecule has 22 heavy (non-hydrogen) atoms. The van der Waals surface area contributed by atoms with E-state index in [9.17, 15) is 4.79 Å². The summed E-state index contributed by atoms with van der Waals surface area (Å²) in [6.07, 6.45) is 7.06. The second-order valence-corrected chi connectivity index (χ2v) is 7.50. The molecule has 2 aliphatic heterocycles. The zero-order valence-electron chi connectivity index (χ0n) is 13.0. The van der Waals surface area contributed by atoms with Crippen LogP contribution in [0.15, 0.2) is 5.16 Å². The molecule has 2 aliphatic rings. The molecule has 1 N–H and O–H groups in total. The number of carbonyl (C=O) groups excluding carboxylic acids is 1. The highest BCUT2D eigenvalue weighted by Gasteiger charge is 2.28. The summed E-state index contributed by atoms with van der Waals surface area (Å²) < 4.78 is 4.16.